The van der Waals surface area contributed by atoms with Gasteiger partial charge in [-0.05, 0) is 24.3 Å². The lowest BCUT2D eigenvalue weighted by atomic mass is 10.1. The topological polar surface area (TPSA) is 57.7 Å². The van der Waals surface area contributed by atoms with Crippen molar-refractivity contribution in [1.29, 1.82) is 0 Å². The average molecular weight is 381 g/mol. The zero-order valence-electron chi connectivity index (χ0n) is 12.9. The van der Waals surface area contributed by atoms with E-state index in [0.29, 0.717) is 0 Å². The minimum Gasteiger partial charge on any atom is -0.311 e. The first-order valence-corrected chi connectivity index (χ1v) is 7.93. The fourth-order valence-electron chi connectivity index (χ4n) is 2.53. The first-order chi connectivity index (χ1) is 11.8. The van der Waals surface area contributed by atoms with Crippen LogP contribution in [0.5, 0.6) is 0 Å². The van der Waals surface area contributed by atoms with Gasteiger partial charge in [0.25, 0.3) is 11.8 Å². The molecule has 0 aliphatic carbocycles. The lowest BCUT2D eigenvalue weighted by Gasteiger charge is -2.21. The molecular formula is C17H11Cl2FN2O3. The summed E-state index contributed by atoms with van der Waals surface area (Å²) in [6.45, 7) is -0.521. The molecule has 5 nitrogen and oxygen atoms in total. The number of carbonyl (C=O) groups is 3. The number of hydrogen-bond acceptors (Lipinski definition) is 3. The summed E-state index contributed by atoms with van der Waals surface area (Å²) < 4.78 is 13.8. The van der Waals surface area contributed by atoms with Crippen molar-refractivity contribution < 1.29 is 18.8 Å². The van der Waals surface area contributed by atoms with E-state index in [0.717, 1.165) is 9.80 Å². The van der Waals surface area contributed by atoms with E-state index in [1.165, 1.54) is 37.4 Å². The maximum atomic E-state index is 13.8. The molecule has 0 bridgehead atoms. The minimum absolute atomic E-state index is 0.0511. The standard InChI is InChI=1S/C17H11Cl2FN2O3/c1-21(14-5-3-2-4-13(14)20)15(23)8-22-16(24)9-6-11(18)12(19)7-10(9)17(22)25/h2-7H,8H2,1H3. The molecule has 1 aliphatic heterocycles. The highest BCUT2D eigenvalue weighted by atomic mass is 35.5. The maximum absolute atomic E-state index is 13.8. The molecule has 0 spiro atoms. The van der Waals surface area contributed by atoms with Crippen LogP contribution in [0.2, 0.25) is 10.0 Å². The van der Waals surface area contributed by atoms with Gasteiger partial charge in [-0.15, -0.1) is 0 Å². The lowest BCUT2D eigenvalue weighted by Crippen LogP contribution is -2.41. The number of carbonyl (C=O) groups excluding carboxylic acids is 3. The van der Waals surface area contributed by atoms with Crippen molar-refractivity contribution in [3.63, 3.8) is 0 Å². The molecule has 25 heavy (non-hydrogen) atoms. The predicted octanol–water partition coefficient (Wildman–Crippen LogP) is 3.39. The Morgan fingerprint density at radius 3 is 2.12 bits per heavy atom. The van der Waals surface area contributed by atoms with Crippen molar-refractivity contribution in [3.8, 4) is 0 Å². The van der Waals surface area contributed by atoms with E-state index < -0.39 is 30.1 Å². The summed E-state index contributed by atoms with van der Waals surface area (Å²) in [4.78, 5) is 39.0. The van der Waals surface area contributed by atoms with Crippen molar-refractivity contribution in [1.82, 2.24) is 4.90 Å². The highest BCUT2D eigenvalue weighted by Crippen LogP contribution is 2.31. The second-order valence-corrected chi connectivity index (χ2v) is 6.23. The number of fused-ring (bicyclic) bond motifs is 1. The van der Waals surface area contributed by atoms with Crippen molar-refractivity contribution in [2.75, 3.05) is 18.5 Å². The number of para-hydroxylation sites is 1. The van der Waals surface area contributed by atoms with Crippen LogP contribution in [0.1, 0.15) is 20.7 Å². The minimum atomic E-state index is -0.645. The SMILES string of the molecule is CN(C(=O)CN1C(=O)c2cc(Cl)c(Cl)cc2C1=O)c1ccccc1F. The van der Waals surface area contributed by atoms with Crippen LogP contribution in [0.15, 0.2) is 36.4 Å². The van der Waals surface area contributed by atoms with E-state index in [1.54, 1.807) is 6.07 Å². The summed E-state index contributed by atoms with van der Waals surface area (Å²) in [6.07, 6.45) is 0. The molecule has 0 radical (unpaired) electrons. The molecule has 0 saturated carbocycles. The van der Waals surface area contributed by atoms with Gasteiger partial charge in [0.1, 0.15) is 12.4 Å². The molecule has 1 heterocycles. The number of nitrogens with zero attached hydrogens (tertiary/aromatic N) is 2. The van der Waals surface area contributed by atoms with Gasteiger partial charge in [0, 0.05) is 7.05 Å². The number of halogens is 3. The van der Waals surface area contributed by atoms with Crippen LogP contribution >= 0.6 is 23.2 Å². The molecular weight excluding hydrogens is 370 g/mol. The summed E-state index contributed by atoms with van der Waals surface area (Å²) in [5.41, 5.74) is 0.219. The Balaban J connectivity index is 1.84. The van der Waals surface area contributed by atoms with E-state index in [-0.39, 0.29) is 26.9 Å². The Bertz CT molecular complexity index is 876. The fourth-order valence-corrected chi connectivity index (χ4v) is 2.85. The molecule has 2 aromatic carbocycles. The summed E-state index contributed by atoms with van der Waals surface area (Å²) >= 11 is 11.8. The first-order valence-electron chi connectivity index (χ1n) is 7.17. The first kappa shape index (κ1) is 17.4. The van der Waals surface area contributed by atoms with Crippen LogP contribution in [0, 0.1) is 5.82 Å². The summed E-state index contributed by atoms with van der Waals surface area (Å²) in [5, 5.41) is 0.274. The molecule has 0 unspecified atom stereocenters. The molecule has 0 saturated heterocycles. The van der Waals surface area contributed by atoms with Gasteiger partial charge < -0.3 is 4.90 Å². The van der Waals surface area contributed by atoms with E-state index in [1.807, 2.05) is 0 Å². The van der Waals surface area contributed by atoms with Gasteiger partial charge in [0.15, 0.2) is 0 Å². The molecule has 0 atom stereocenters. The van der Waals surface area contributed by atoms with Crippen LogP contribution in [-0.4, -0.2) is 36.2 Å². The monoisotopic (exact) mass is 380 g/mol. The van der Waals surface area contributed by atoms with Crippen LogP contribution < -0.4 is 4.90 Å². The Kier molecular flexibility index (Phi) is 4.49. The molecule has 3 rings (SSSR count). The lowest BCUT2D eigenvalue weighted by molar-refractivity contribution is -0.118. The highest BCUT2D eigenvalue weighted by Gasteiger charge is 2.38. The van der Waals surface area contributed by atoms with Gasteiger partial charge >= 0.3 is 0 Å². The zero-order valence-corrected chi connectivity index (χ0v) is 14.4. The number of rotatable bonds is 3. The van der Waals surface area contributed by atoms with Crippen molar-refractivity contribution >= 4 is 46.6 Å². The Morgan fingerprint density at radius 2 is 1.60 bits per heavy atom. The van der Waals surface area contributed by atoms with Crippen LogP contribution in [0.3, 0.4) is 0 Å². The second kappa shape index (κ2) is 6.46. The molecule has 8 heteroatoms. The van der Waals surface area contributed by atoms with Gasteiger partial charge in [-0.25, -0.2) is 4.39 Å². The van der Waals surface area contributed by atoms with Gasteiger partial charge in [0.05, 0.1) is 26.9 Å². The molecule has 0 aromatic heterocycles. The number of imide groups is 1. The van der Waals surface area contributed by atoms with E-state index in [2.05, 4.69) is 0 Å². The maximum Gasteiger partial charge on any atom is 0.262 e. The van der Waals surface area contributed by atoms with Crippen molar-refractivity contribution in [2.24, 2.45) is 0 Å². The van der Waals surface area contributed by atoms with E-state index in [9.17, 15) is 18.8 Å². The third-order valence-electron chi connectivity index (χ3n) is 3.89. The summed E-state index contributed by atoms with van der Waals surface area (Å²) in [6, 6.07) is 8.30. The van der Waals surface area contributed by atoms with Crippen LogP contribution in [-0.2, 0) is 4.79 Å². The highest BCUT2D eigenvalue weighted by molar-refractivity contribution is 6.43. The predicted molar refractivity (Wildman–Crippen MR) is 91.6 cm³/mol. The quantitative estimate of drug-likeness (QED) is 0.766. The molecule has 1 aliphatic rings. The average Bonchev–Trinajstić information content (AvgIpc) is 2.80. The summed E-state index contributed by atoms with van der Waals surface area (Å²) in [7, 11) is 1.37. The smallest absolute Gasteiger partial charge is 0.262 e. The Labute approximate surface area is 152 Å². The van der Waals surface area contributed by atoms with Crippen LogP contribution in [0.4, 0.5) is 10.1 Å². The molecule has 0 N–H and O–H groups in total. The number of amides is 3. The Hall–Kier alpha value is -2.44. The third kappa shape index (κ3) is 2.99. The normalized spacial score (nSPS) is 13.2. The van der Waals surface area contributed by atoms with E-state index >= 15 is 0 Å². The number of likely N-dealkylation sites (N-methyl/N-ethyl adjacent to an activating group) is 1. The zero-order chi connectivity index (χ0) is 18.3. The summed E-state index contributed by atoms with van der Waals surface area (Å²) in [5.74, 6) is -2.49. The second-order valence-electron chi connectivity index (χ2n) is 5.41. The third-order valence-corrected chi connectivity index (χ3v) is 4.62. The Morgan fingerprint density at radius 1 is 1.08 bits per heavy atom. The molecule has 3 amide bonds. The number of anilines is 1. The molecule has 0 fully saturated rings. The largest absolute Gasteiger partial charge is 0.311 e. The van der Waals surface area contributed by atoms with Gasteiger partial charge in [0.2, 0.25) is 5.91 Å². The van der Waals surface area contributed by atoms with Gasteiger partial charge in [-0.2, -0.15) is 0 Å². The number of benzene rings is 2. The van der Waals surface area contributed by atoms with Crippen molar-refractivity contribution in [2.45, 2.75) is 0 Å². The molecule has 128 valence electrons. The number of hydrogen-bond donors (Lipinski definition) is 0. The van der Waals surface area contributed by atoms with Crippen LogP contribution in [0.25, 0.3) is 0 Å². The fraction of sp³-hybridized carbons (Fsp3) is 0.118. The van der Waals surface area contributed by atoms with Crippen molar-refractivity contribution in [3.05, 3.63) is 63.4 Å². The van der Waals surface area contributed by atoms with E-state index in [4.69, 9.17) is 23.2 Å². The van der Waals surface area contributed by atoms with Gasteiger partial charge in [-0.3, -0.25) is 19.3 Å². The van der Waals surface area contributed by atoms with Gasteiger partial charge in [-0.1, -0.05) is 35.3 Å². The molecule has 2 aromatic rings.